The number of carbonyl (C=O) groups is 2. The molecule has 2 rings (SSSR count). The highest BCUT2D eigenvalue weighted by Crippen LogP contribution is 2.23. The fourth-order valence-electron chi connectivity index (χ4n) is 2.46. The van der Waals surface area contributed by atoms with Crippen molar-refractivity contribution in [3.05, 3.63) is 0 Å². The van der Waals surface area contributed by atoms with Crippen LogP contribution in [0, 0.1) is 5.92 Å². The second-order valence-electron chi connectivity index (χ2n) is 4.88. The van der Waals surface area contributed by atoms with Gasteiger partial charge in [0.05, 0.1) is 0 Å². The van der Waals surface area contributed by atoms with Gasteiger partial charge in [-0.2, -0.15) is 0 Å². The summed E-state index contributed by atoms with van der Waals surface area (Å²) in [6.45, 7) is 4.89. The van der Waals surface area contributed by atoms with Crippen LogP contribution in [-0.2, 0) is 9.59 Å². The van der Waals surface area contributed by atoms with Crippen molar-refractivity contribution in [1.82, 2.24) is 10.2 Å². The number of carbonyl (C=O) groups excluding carboxylic acids is 2. The van der Waals surface area contributed by atoms with E-state index in [1.54, 1.807) is 4.90 Å². The van der Waals surface area contributed by atoms with Gasteiger partial charge in [0, 0.05) is 6.54 Å². The normalized spacial score (nSPS) is 30.7. The van der Waals surface area contributed by atoms with Gasteiger partial charge in [0.15, 0.2) is 0 Å². The van der Waals surface area contributed by atoms with Gasteiger partial charge in [0.1, 0.15) is 12.1 Å². The highest BCUT2D eigenvalue weighted by atomic mass is 16.2. The second kappa shape index (κ2) is 3.83. The first kappa shape index (κ1) is 10.5. The highest BCUT2D eigenvalue weighted by Gasteiger charge is 2.42. The lowest BCUT2D eigenvalue weighted by Crippen LogP contribution is -2.61. The summed E-state index contributed by atoms with van der Waals surface area (Å²) in [7, 11) is 0. The Kier molecular flexibility index (Phi) is 2.67. The third kappa shape index (κ3) is 1.85. The minimum Gasteiger partial charge on any atom is -0.342 e. The first-order valence-corrected chi connectivity index (χ1v) is 5.70. The molecule has 2 heterocycles. The summed E-state index contributed by atoms with van der Waals surface area (Å²) in [6, 6.07) is -0.465. The number of amides is 2. The molecule has 84 valence electrons. The molecule has 2 aliphatic rings. The maximum Gasteiger partial charge on any atom is 0.245 e. The second-order valence-corrected chi connectivity index (χ2v) is 4.88. The van der Waals surface area contributed by atoms with E-state index < -0.39 is 0 Å². The van der Waals surface area contributed by atoms with E-state index in [4.69, 9.17) is 0 Å². The number of hydrogen-bond acceptors (Lipinski definition) is 2. The van der Waals surface area contributed by atoms with Crippen LogP contribution in [0.5, 0.6) is 0 Å². The van der Waals surface area contributed by atoms with Gasteiger partial charge < -0.3 is 10.2 Å². The summed E-state index contributed by atoms with van der Waals surface area (Å²) in [5, 5.41) is 2.84. The molecule has 4 nitrogen and oxygen atoms in total. The van der Waals surface area contributed by atoms with Gasteiger partial charge in [-0.05, 0) is 25.2 Å². The molecule has 0 aromatic heterocycles. The van der Waals surface area contributed by atoms with Gasteiger partial charge in [0.2, 0.25) is 11.8 Å². The Bertz CT molecular complexity index is 288. The minimum absolute atomic E-state index is 0.0396. The molecule has 0 aromatic rings. The Labute approximate surface area is 90.0 Å². The molecule has 0 unspecified atom stereocenters. The third-order valence-electron chi connectivity index (χ3n) is 3.16. The Morgan fingerprint density at radius 2 is 2.20 bits per heavy atom. The number of rotatable bonds is 2. The van der Waals surface area contributed by atoms with E-state index in [9.17, 15) is 9.59 Å². The third-order valence-corrected chi connectivity index (χ3v) is 3.16. The monoisotopic (exact) mass is 210 g/mol. The van der Waals surface area contributed by atoms with E-state index in [0.29, 0.717) is 5.92 Å². The van der Waals surface area contributed by atoms with Crippen molar-refractivity contribution in [2.24, 2.45) is 5.92 Å². The first-order valence-electron chi connectivity index (χ1n) is 5.70. The van der Waals surface area contributed by atoms with Gasteiger partial charge in [0.25, 0.3) is 0 Å². The van der Waals surface area contributed by atoms with Crippen molar-refractivity contribution in [2.45, 2.75) is 45.2 Å². The molecule has 2 aliphatic heterocycles. The molecule has 0 radical (unpaired) electrons. The summed E-state index contributed by atoms with van der Waals surface area (Å²) in [5.41, 5.74) is 0. The van der Waals surface area contributed by atoms with Gasteiger partial charge in [-0.15, -0.1) is 0 Å². The predicted octanol–water partition coefficient (Wildman–Crippen LogP) is 0.522. The molecule has 2 fully saturated rings. The molecule has 0 aromatic carbocycles. The largest absolute Gasteiger partial charge is 0.342 e. The standard InChI is InChI=1S/C11H18N2O2/c1-7(2)6-8-11(15)13-5-3-4-9(13)10(14)12-8/h7-9H,3-6H2,1-2H3,(H,12,14)/t8-,9+/m0/s1. The van der Waals surface area contributed by atoms with E-state index in [-0.39, 0.29) is 23.9 Å². The van der Waals surface area contributed by atoms with Crippen LogP contribution >= 0.6 is 0 Å². The molecule has 0 bridgehead atoms. The Morgan fingerprint density at radius 1 is 1.47 bits per heavy atom. The molecule has 2 amide bonds. The predicted molar refractivity (Wildman–Crippen MR) is 56.1 cm³/mol. The topological polar surface area (TPSA) is 49.4 Å². The van der Waals surface area contributed by atoms with Crippen molar-refractivity contribution in [1.29, 1.82) is 0 Å². The van der Waals surface area contributed by atoms with E-state index in [0.717, 1.165) is 25.8 Å². The molecule has 1 N–H and O–H groups in total. The molecular formula is C11H18N2O2. The van der Waals surface area contributed by atoms with Crippen LogP contribution in [0.1, 0.15) is 33.1 Å². The number of piperazine rings is 1. The lowest BCUT2D eigenvalue weighted by molar-refractivity contribution is -0.147. The van der Waals surface area contributed by atoms with Crippen LogP contribution in [0.3, 0.4) is 0 Å². The van der Waals surface area contributed by atoms with Gasteiger partial charge in [-0.1, -0.05) is 13.8 Å². The summed E-state index contributed by atoms with van der Waals surface area (Å²) < 4.78 is 0. The lowest BCUT2D eigenvalue weighted by Gasteiger charge is -2.35. The lowest BCUT2D eigenvalue weighted by atomic mass is 9.99. The fourth-order valence-corrected chi connectivity index (χ4v) is 2.46. The molecule has 4 heteroatoms. The van der Waals surface area contributed by atoms with Gasteiger partial charge in [-0.25, -0.2) is 0 Å². The highest BCUT2D eigenvalue weighted by molar-refractivity contribution is 5.97. The SMILES string of the molecule is CC(C)C[C@@H]1NC(=O)[C@H]2CCCN2C1=O. The van der Waals surface area contributed by atoms with Crippen LogP contribution in [-0.4, -0.2) is 35.3 Å². The molecule has 0 saturated carbocycles. The zero-order valence-electron chi connectivity index (χ0n) is 9.32. The average molecular weight is 210 g/mol. The smallest absolute Gasteiger partial charge is 0.245 e. The van der Waals surface area contributed by atoms with Gasteiger partial charge >= 0.3 is 0 Å². The number of hydrogen-bond donors (Lipinski definition) is 1. The van der Waals surface area contributed by atoms with E-state index in [1.807, 2.05) is 0 Å². The van der Waals surface area contributed by atoms with E-state index >= 15 is 0 Å². The van der Waals surface area contributed by atoms with Crippen molar-refractivity contribution in [3.63, 3.8) is 0 Å². The summed E-state index contributed by atoms with van der Waals surface area (Å²) in [4.78, 5) is 25.5. The summed E-state index contributed by atoms with van der Waals surface area (Å²) in [6.07, 6.45) is 2.53. The van der Waals surface area contributed by atoms with Crippen molar-refractivity contribution in [2.75, 3.05) is 6.54 Å². The Morgan fingerprint density at radius 3 is 2.87 bits per heavy atom. The zero-order valence-corrected chi connectivity index (χ0v) is 9.32. The average Bonchev–Trinajstić information content (AvgIpc) is 2.61. The van der Waals surface area contributed by atoms with Crippen molar-refractivity contribution in [3.8, 4) is 0 Å². The van der Waals surface area contributed by atoms with Crippen molar-refractivity contribution < 1.29 is 9.59 Å². The van der Waals surface area contributed by atoms with E-state index in [1.165, 1.54) is 0 Å². The molecular weight excluding hydrogens is 192 g/mol. The zero-order chi connectivity index (χ0) is 11.0. The quantitative estimate of drug-likeness (QED) is 0.722. The van der Waals surface area contributed by atoms with Crippen LogP contribution in [0.2, 0.25) is 0 Å². The van der Waals surface area contributed by atoms with Crippen LogP contribution < -0.4 is 5.32 Å². The molecule has 2 saturated heterocycles. The van der Waals surface area contributed by atoms with Crippen LogP contribution in [0.15, 0.2) is 0 Å². The molecule has 0 spiro atoms. The number of nitrogens with one attached hydrogen (secondary N) is 1. The fraction of sp³-hybridized carbons (Fsp3) is 0.818. The van der Waals surface area contributed by atoms with Crippen LogP contribution in [0.4, 0.5) is 0 Å². The molecule has 0 aliphatic carbocycles. The first-order chi connectivity index (χ1) is 7.09. The minimum atomic E-state index is -0.285. The summed E-state index contributed by atoms with van der Waals surface area (Å²) in [5.74, 6) is 0.585. The van der Waals surface area contributed by atoms with Crippen molar-refractivity contribution >= 4 is 11.8 Å². The summed E-state index contributed by atoms with van der Waals surface area (Å²) >= 11 is 0. The number of fused-ring (bicyclic) bond motifs is 1. The maximum absolute atomic E-state index is 12.0. The molecule has 15 heavy (non-hydrogen) atoms. The van der Waals surface area contributed by atoms with Gasteiger partial charge in [-0.3, -0.25) is 9.59 Å². The molecule has 2 atom stereocenters. The van der Waals surface area contributed by atoms with E-state index in [2.05, 4.69) is 19.2 Å². The number of nitrogens with zero attached hydrogens (tertiary/aromatic N) is 1. The Hall–Kier alpha value is -1.06. The van der Waals surface area contributed by atoms with Crippen LogP contribution in [0.25, 0.3) is 0 Å². The Balaban J connectivity index is 2.10. The maximum atomic E-state index is 12.0.